The van der Waals surface area contributed by atoms with Gasteiger partial charge in [-0.05, 0) is 43.9 Å². The van der Waals surface area contributed by atoms with E-state index in [1.165, 1.54) is 12.8 Å². The van der Waals surface area contributed by atoms with Gasteiger partial charge in [-0.1, -0.05) is 47.5 Å². The van der Waals surface area contributed by atoms with Crippen LogP contribution < -0.4 is 5.32 Å². The first kappa shape index (κ1) is 12.9. The number of allylic oxidation sites excluding steroid dienone is 1. The van der Waals surface area contributed by atoms with Crippen LogP contribution >= 0.6 is 23.2 Å². The van der Waals surface area contributed by atoms with Crippen molar-refractivity contribution < 1.29 is 0 Å². The summed E-state index contributed by atoms with van der Waals surface area (Å²) in [6, 6.07) is 6.56. The lowest BCUT2D eigenvalue weighted by Crippen LogP contribution is -2.16. The molecule has 0 spiro atoms. The Morgan fingerprint density at radius 1 is 1.24 bits per heavy atom. The number of benzene rings is 1. The molecular weight excluding hydrogens is 253 g/mol. The Labute approximate surface area is 113 Å². The van der Waals surface area contributed by atoms with E-state index in [1.807, 2.05) is 18.2 Å². The van der Waals surface area contributed by atoms with E-state index < -0.39 is 0 Å². The molecule has 1 aromatic carbocycles. The summed E-state index contributed by atoms with van der Waals surface area (Å²) in [7, 11) is 0. The van der Waals surface area contributed by atoms with Gasteiger partial charge in [0.15, 0.2) is 0 Å². The van der Waals surface area contributed by atoms with Gasteiger partial charge >= 0.3 is 0 Å². The van der Waals surface area contributed by atoms with Crippen LogP contribution in [0, 0.1) is 0 Å². The molecule has 1 aliphatic carbocycles. The summed E-state index contributed by atoms with van der Waals surface area (Å²) in [6.07, 6.45) is 8.99. The van der Waals surface area contributed by atoms with Crippen LogP contribution in [0.5, 0.6) is 0 Å². The van der Waals surface area contributed by atoms with Crippen molar-refractivity contribution in [2.24, 2.45) is 0 Å². The van der Waals surface area contributed by atoms with Gasteiger partial charge < -0.3 is 5.32 Å². The van der Waals surface area contributed by atoms with E-state index in [2.05, 4.69) is 17.5 Å². The molecule has 3 heteroatoms. The zero-order chi connectivity index (χ0) is 12.1. The summed E-state index contributed by atoms with van der Waals surface area (Å²) < 4.78 is 0. The average molecular weight is 270 g/mol. The standard InChI is InChI=1S/C14H17Cl2N/c15-13-7-4-6-11(14(13)16)5-2-1-3-10-17-12-8-9-12/h1-2,4,6-7,12,17H,3,5,8-10H2/b2-1+. The highest BCUT2D eigenvalue weighted by Crippen LogP contribution is 2.25. The van der Waals surface area contributed by atoms with Gasteiger partial charge in [0, 0.05) is 6.04 Å². The molecule has 1 nitrogen and oxygen atoms in total. The number of nitrogens with one attached hydrogen (secondary N) is 1. The first-order valence-corrected chi connectivity index (χ1v) is 6.84. The normalized spacial score (nSPS) is 15.6. The van der Waals surface area contributed by atoms with Gasteiger partial charge in [-0.25, -0.2) is 0 Å². The number of halogens is 2. The van der Waals surface area contributed by atoms with Crippen LogP contribution in [0.25, 0.3) is 0 Å². The van der Waals surface area contributed by atoms with Gasteiger partial charge in [-0.3, -0.25) is 0 Å². The van der Waals surface area contributed by atoms with Crippen molar-refractivity contribution in [2.75, 3.05) is 6.54 Å². The van der Waals surface area contributed by atoms with Gasteiger partial charge in [-0.15, -0.1) is 0 Å². The van der Waals surface area contributed by atoms with E-state index in [1.54, 1.807) is 0 Å². The van der Waals surface area contributed by atoms with Crippen molar-refractivity contribution in [2.45, 2.75) is 31.7 Å². The van der Waals surface area contributed by atoms with Crippen LogP contribution in [0.2, 0.25) is 10.0 Å². The van der Waals surface area contributed by atoms with Crippen molar-refractivity contribution in [1.82, 2.24) is 5.32 Å². The zero-order valence-corrected chi connectivity index (χ0v) is 11.3. The van der Waals surface area contributed by atoms with Gasteiger partial charge in [0.1, 0.15) is 0 Å². The minimum Gasteiger partial charge on any atom is -0.314 e. The monoisotopic (exact) mass is 269 g/mol. The Balaban J connectivity index is 1.72. The second-order valence-electron chi connectivity index (χ2n) is 4.41. The Kier molecular flexibility index (Phi) is 4.90. The molecule has 1 saturated carbocycles. The molecule has 0 aliphatic heterocycles. The lowest BCUT2D eigenvalue weighted by Gasteiger charge is -2.02. The molecule has 1 aromatic rings. The predicted octanol–water partition coefficient (Wildman–Crippen LogP) is 4.23. The molecular formula is C14H17Cl2N. The molecule has 0 aromatic heterocycles. The van der Waals surface area contributed by atoms with Gasteiger partial charge in [-0.2, -0.15) is 0 Å². The summed E-state index contributed by atoms with van der Waals surface area (Å²) >= 11 is 12.1. The van der Waals surface area contributed by atoms with Gasteiger partial charge in [0.2, 0.25) is 0 Å². The molecule has 0 unspecified atom stereocenters. The maximum Gasteiger partial charge on any atom is 0.0627 e. The molecule has 0 bridgehead atoms. The topological polar surface area (TPSA) is 12.0 Å². The zero-order valence-electron chi connectivity index (χ0n) is 9.76. The minimum absolute atomic E-state index is 0.632. The highest BCUT2D eigenvalue weighted by molar-refractivity contribution is 6.42. The second-order valence-corrected chi connectivity index (χ2v) is 5.19. The van der Waals surface area contributed by atoms with E-state index in [0.717, 1.165) is 31.0 Å². The summed E-state index contributed by atoms with van der Waals surface area (Å²) in [5.41, 5.74) is 1.09. The third-order valence-electron chi connectivity index (χ3n) is 2.86. The quantitative estimate of drug-likeness (QED) is 0.602. The molecule has 0 amide bonds. The average Bonchev–Trinajstić information content (AvgIpc) is 3.12. The Hall–Kier alpha value is -0.500. The van der Waals surface area contributed by atoms with Crippen LogP contribution in [0.3, 0.4) is 0 Å². The third-order valence-corrected chi connectivity index (χ3v) is 3.72. The predicted molar refractivity (Wildman–Crippen MR) is 74.9 cm³/mol. The highest BCUT2D eigenvalue weighted by atomic mass is 35.5. The molecule has 2 rings (SSSR count). The first-order chi connectivity index (χ1) is 8.27. The molecule has 0 radical (unpaired) electrons. The summed E-state index contributed by atoms with van der Waals surface area (Å²) in [4.78, 5) is 0. The van der Waals surface area contributed by atoms with Crippen molar-refractivity contribution in [1.29, 1.82) is 0 Å². The van der Waals surface area contributed by atoms with Gasteiger partial charge in [0.05, 0.1) is 10.0 Å². The maximum atomic E-state index is 6.10. The number of rotatable bonds is 6. The molecule has 0 heterocycles. The summed E-state index contributed by atoms with van der Waals surface area (Å²) in [5, 5.41) is 4.79. The van der Waals surface area contributed by atoms with Crippen LogP contribution in [0.4, 0.5) is 0 Å². The number of hydrogen-bond donors (Lipinski definition) is 1. The van der Waals surface area contributed by atoms with Crippen LogP contribution in [-0.2, 0) is 6.42 Å². The molecule has 1 N–H and O–H groups in total. The molecule has 0 atom stereocenters. The second kappa shape index (κ2) is 6.44. The minimum atomic E-state index is 0.632. The Morgan fingerprint density at radius 2 is 2.06 bits per heavy atom. The van der Waals surface area contributed by atoms with E-state index in [4.69, 9.17) is 23.2 Å². The van der Waals surface area contributed by atoms with E-state index in [0.29, 0.717) is 10.0 Å². The first-order valence-electron chi connectivity index (χ1n) is 6.08. The fourth-order valence-corrected chi connectivity index (χ4v) is 2.09. The third kappa shape index (κ3) is 4.34. The Morgan fingerprint density at radius 3 is 2.82 bits per heavy atom. The number of hydrogen-bond acceptors (Lipinski definition) is 1. The van der Waals surface area contributed by atoms with E-state index >= 15 is 0 Å². The maximum absolute atomic E-state index is 6.10. The highest BCUT2D eigenvalue weighted by Gasteiger charge is 2.19. The molecule has 92 valence electrons. The van der Waals surface area contributed by atoms with Crippen molar-refractivity contribution in [3.05, 3.63) is 46.0 Å². The van der Waals surface area contributed by atoms with Gasteiger partial charge in [0.25, 0.3) is 0 Å². The van der Waals surface area contributed by atoms with Crippen LogP contribution in [0.15, 0.2) is 30.4 Å². The van der Waals surface area contributed by atoms with E-state index in [9.17, 15) is 0 Å². The van der Waals surface area contributed by atoms with Crippen LogP contribution in [0.1, 0.15) is 24.8 Å². The fourth-order valence-electron chi connectivity index (χ4n) is 1.69. The molecule has 0 saturated heterocycles. The van der Waals surface area contributed by atoms with Crippen molar-refractivity contribution >= 4 is 23.2 Å². The molecule has 1 fully saturated rings. The SMILES string of the molecule is Clc1cccc(C/C=C/CCNC2CC2)c1Cl. The lowest BCUT2D eigenvalue weighted by atomic mass is 10.1. The van der Waals surface area contributed by atoms with Crippen molar-refractivity contribution in [3.8, 4) is 0 Å². The van der Waals surface area contributed by atoms with Crippen molar-refractivity contribution in [3.63, 3.8) is 0 Å². The largest absolute Gasteiger partial charge is 0.314 e. The molecule has 17 heavy (non-hydrogen) atoms. The summed E-state index contributed by atoms with van der Waals surface area (Å²) in [6.45, 7) is 1.07. The smallest absolute Gasteiger partial charge is 0.0627 e. The fraction of sp³-hybridized carbons (Fsp3) is 0.429. The Bertz CT molecular complexity index is 397. The van der Waals surface area contributed by atoms with Crippen LogP contribution in [-0.4, -0.2) is 12.6 Å². The summed E-state index contributed by atoms with van der Waals surface area (Å²) in [5.74, 6) is 0. The lowest BCUT2D eigenvalue weighted by molar-refractivity contribution is 0.690. The molecule has 1 aliphatic rings. The van der Waals surface area contributed by atoms with E-state index in [-0.39, 0.29) is 0 Å².